The Bertz CT molecular complexity index is 902. The second kappa shape index (κ2) is 7.90. The summed E-state index contributed by atoms with van der Waals surface area (Å²) in [6.07, 6.45) is 5.21. The molecule has 1 saturated carbocycles. The zero-order valence-electron chi connectivity index (χ0n) is 15.8. The van der Waals surface area contributed by atoms with E-state index in [0.717, 1.165) is 44.6 Å². The Balaban J connectivity index is 1.19. The number of nitrogens with two attached hydrogens (primary N) is 1. The molecule has 1 saturated heterocycles. The number of aromatic nitrogens is 2. The third kappa shape index (κ3) is 4.45. The van der Waals surface area contributed by atoms with Gasteiger partial charge in [-0.1, -0.05) is 16.8 Å². The average Bonchev–Trinajstić information content (AvgIpc) is 3.15. The van der Waals surface area contributed by atoms with Crippen LogP contribution in [0.5, 0.6) is 0 Å². The number of alkyl carbamates (subject to hydrolysis) is 1. The fourth-order valence-electron chi connectivity index (χ4n) is 4.11. The molecule has 2 amide bonds. The molecule has 1 aliphatic carbocycles. The molecule has 2 aromatic rings. The third-order valence-electron chi connectivity index (χ3n) is 5.69. The number of piperidine rings is 1. The zero-order chi connectivity index (χ0) is 20.4. The molecule has 2 aromatic heterocycles. The minimum absolute atomic E-state index is 0.00394. The summed E-state index contributed by atoms with van der Waals surface area (Å²) in [5, 5.41) is 7.07. The highest BCUT2D eigenvalue weighted by Crippen LogP contribution is 2.49. The third-order valence-corrected chi connectivity index (χ3v) is 5.93. The molecule has 3 N–H and O–H groups in total. The number of amides is 2. The van der Waals surface area contributed by atoms with Crippen LogP contribution in [0.2, 0.25) is 5.02 Å². The number of primary amides is 1. The SMILES string of the molecule is NC(=O)c1cc(COC(=O)NC2CC3(CCN(c4cc(Cl)ccn4)CC3)C2)on1. The van der Waals surface area contributed by atoms with Crippen LogP contribution in [0.25, 0.3) is 0 Å². The first-order chi connectivity index (χ1) is 13.9. The molecule has 1 spiro atoms. The summed E-state index contributed by atoms with van der Waals surface area (Å²) >= 11 is 6.06. The standard InChI is InChI=1S/C19H22ClN5O4/c20-12-1-4-22-16(7-12)25-5-2-19(3-6-25)9-13(10-19)23-18(27)28-11-14-8-15(17(21)26)24-29-14/h1,4,7-8,13H,2-3,5-6,9-11H2,(H2,21,26)(H,23,27). The van der Waals surface area contributed by atoms with Gasteiger partial charge in [-0.15, -0.1) is 0 Å². The molecule has 0 bridgehead atoms. The van der Waals surface area contributed by atoms with Crippen LogP contribution in [-0.2, 0) is 11.3 Å². The van der Waals surface area contributed by atoms with Gasteiger partial charge < -0.3 is 25.2 Å². The van der Waals surface area contributed by atoms with E-state index in [1.165, 1.54) is 6.07 Å². The average molecular weight is 420 g/mol. The van der Waals surface area contributed by atoms with Crippen molar-refractivity contribution in [3.8, 4) is 0 Å². The summed E-state index contributed by atoms with van der Waals surface area (Å²) in [7, 11) is 0. The van der Waals surface area contributed by atoms with E-state index in [1.807, 2.05) is 6.07 Å². The molecule has 3 heterocycles. The second-order valence-electron chi connectivity index (χ2n) is 7.69. The summed E-state index contributed by atoms with van der Waals surface area (Å²) in [6, 6.07) is 5.13. The van der Waals surface area contributed by atoms with E-state index in [0.29, 0.717) is 5.02 Å². The number of anilines is 1. The quantitative estimate of drug-likeness (QED) is 0.762. The summed E-state index contributed by atoms with van der Waals surface area (Å²) in [5.41, 5.74) is 5.37. The van der Waals surface area contributed by atoms with E-state index in [-0.39, 0.29) is 29.5 Å². The van der Waals surface area contributed by atoms with Gasteiger partial charge in [0.1, 0.15) is 5.82 Å². The maximum Gasteiger partial charge on any atom is 0.407 e. The lowest BCUT2D eigenvalue weighted by molar-refractivity contribution is 0.0457. The molecule has 2 aliphatic rings. The smallest absolute Gasteiger partial charge is 0.407 e. The zero-order valence-corrected chi connectivity index (χ0v) is 16.5. The maximum absolute atomic E-state index is 12.0. The molecule has 9 nitrogen and oxygen atoms in total. The lowest BCUT2D eigenvalue weighted by atomic mass is 9.60. The van der Waals surface area contributed by atoms with Gasteiger partial charge in [-0.3, -0.25) is 4.79 Å². The van der Waals surface area contributed by atoms with Gasteiger partial charge in [0, 0.05) is 36.4 Å². The number of rotatable bonds is 5. The van der Waals surface area contributed by atoms with Crippen LogP contribution in [-0.4, -0.2) is 41.3 Å². The summed E-state index contributed by atoms with van der Waals surface area (Å²) < 4.78 is 10.0. The first-order valence-corrected chi connectivity index (χ1v) is 9.85. The first-order valence-electron chi connectivity index (χ1n) is 9.48. The van der Waals surface area contributed by atoms with Crippen LogP contribution >= 0.6 is 11.6 Å². The van der Waals surface area contributed by atoms with Crippen molar-refractivity contribution in [3.05, 3.63) is 40.9 Å². The maximum atomic E-state index is 12.0. The van der Waals surface area contributed by atoms with Gasteiger partial charge in [0.25, 0.3) is 5.91 Å². The van der Waals surface area contributed by atoms with Gasteiger partial charge >= 0.3 is 6.09 Å². The number of halogens is 1. The molecule has 4 rings (SSSR count). The largest absolute Gasteiger partial charge is 0.441 e. The number of hydrogen-bond acceptors (Lipinski definition) is 7. The monoisotopic (exact) mass is 419 g/mol. The Morgan fingerprint density at radius 2 is 2.10 bits per heavy atom. The summed E-state index contributed by atoms with van der Waals surface area (Å²) in [6.45, 7) is 1.75. The van der Waals surface area contributed by atoms with Crippen molar-refractivity contribution in [2.75, 3.05) is 18.0 Å². The van der Waals surface area contributed by atoms with Crippen LogP contribution in [0.4, 0.5) is 10.6 Å². The highest BCUT2D eigenvalue weighted by molar-refractivity contribution is 6.30. The van der Waals surface area contributed by atoms with Crippen LogP contribution in [0.3, 0.4) is 0 Å². The van der Waals surface area contributed by atoms with E-state index in [9.17, 15) is 9.59 Å². The second-order valence-corrected chi connectivity index (χ2v) is 8.12. The topological polar surface area (TPSA) is 124 Å². The van der Waals surface area contributed by atoms with Crippen LogP contribution in [0, 0.1) is 5.41 Å². The van der Waals surface area contributed by atoms with Crippen molar-refractivity contribution >= 4 is 29.4 Å². The molecule has 1 aliphatic heterocycles. The Hall–Kier alpha value is -2.81. The number of nitrogens with zero attached hydrogens (tertiary/aromatic N) is 3. The molecule has 29 heavy (non-hydrogen) atoms. The Morgan fingerprint density at radius 1 is 1.34 bits per heavy atom. The van der Waals surface area contributed by atoms with Gasteiger partial charge in [-0.05, 0) is 43.2 Å². The number of hydrogen-bond donors (Lipinski definition) is 2. The predicted octanol–water partition coefficient (Wildman–Crippen LogP) is 2.50. The van der Waals surface area contributed by atoms with E-state index >= 15 is 0 Å². The van der Waals surface area contributed by atoms with Gasteiger partial charge in [-0.25, -0.2) is 9.78 Å². The Morgan fingerprint density at radius 3 is 2.76 bits per heavy atom. The number of pyridine rings is 1. The van der Waals surface area contributed by atoms with Crippen LogP contribution in [0.15, 0.2) is 28.9 Å². The molecule has 0 unspecified atom stereocenters. The molecular formula is C19H22ClN5O4. The van der Waals surface area contributed by atoms with E-state index in [1.54, 1.807) is 12.3 Å². The van der Waals surface area contributed by atoms with E-state index in [2.05, 4.69) is 20.4 Å². The Kier molecular flexibility index (Phi) is 5.31. The van der Waals surface area contributed by atoms with Gasteiger partial charge in [-0.2, -0.15) is 0 Å². The highest BCUT2D eigenvalue weighted by atomic mass is 35.5. The van der Waals surface area contributed by atoms with Crippen LogP contribution in [0.1, 0.15) is 41.9 Å². The van der Waals surface area contributed by atoms with Crippen molar-refractivity contribution in [2.45, 2.75) is 38.3 Å². The Labute approximate surface area is 172 Å². The highest BCUT2D eigenvalue weighted by Gasteiger charge is 2.46. The normalized spacial score (nSPS) is 18.3. The summed E-state index contributed by atoms with van der Waals surface area (Å²) in [5.74, 6) is 0.485. The fourth-order valence-corrected chi connectivity index (χ4v) is 4.27. The van der Waals surface area contributed by atoms with Crippen molar-refractivity contribution in [1.29, 1.82) is 0 Å². The number of nitrogens with one attached hydrogen (secondary N) is 1. The lowest BCUT2D eigenvalue weighted by Crippen LogP contribution is -2.55. The van der Waals surface area contributed by atoms with Crippen molar-refractivity contribution in [3.63, 3.8) is 0 Å². The van der Waals surface area contributed by atoms with E-state index in [4.69, 9.17) is 26.6 Å². The van der Waals surface area contributed by atoms with Crippen molar-refractivity contribution in [2.24, 2.45) is 11.1 Å². The summed E-state index contributed by atoms with van der Waals surface area (Å²) in [4.78, 5) is 29.6. The van der Waals surface area contributed by atoms with Gasteiger partial charge in [0.05, 0.1) is 0 Å². The van der Waals surface area contributed by atoms with Gasteiger partial charge in [0.15, 0.2) is 18.1 Å². The molecule has 0 aromatic carbocycles. The number of carbonyl (C=O) groups is 2. The molecule has 10 heteroatoms. The molecule has 154 valence electrons. The number of ether oxygens (including phenoxy) is 1. The molecule has 0 atom stereocenters. The molecule has 0 radical (unpaired) electrons. The van der Waals surface area contributed by atoms with Crippen molar-refractivity contribution < 1.29 is 18.8 Å². The fraction of sp³-hybridized carbons (Fsp3) is 0.474. The minimum Gasteiger partial charge on any atom is -0.441 e. The lowest BCUT2D eigenvalue weighted by Gasteiger charge is -2.52. The number of carbonyl (C=O) groups excluding carboxylic acids is 2. The van der Waals surface area contributed by atoms with Gasteiger partial charge in [0.2, 0.25) is 0 Å². The van der Waals surface area contributed by atoms with Crippen molar-refractivity contribution in [1.82, 2.24) is 15.5 Å². The first kappa shape index (κ1) is 19.5. The predicted molar refractivity (Wildman–Crippen MR) is 104 cm³/mol. The minimum atomic E-state index is -0.693. The van der Waals surface area contributed by atoms with E-state index < -0.39 is 12.0 Å². The molecular weight excluding hydrogens is 398 g/mol. The molecule has 2 fully saturated rings. The van der Waals surface area contributed by atoms with Crippen LogP contribution < -0.4 is 16.0 Å².